The van der Waals surface area contributed by atoms with Crippen molar-refractivity contribution in [2.45, 2.75) is 0 Å². The maximum atomic E-state index is 12.4. The normalized spacial score (nSPS) is 10.3. The summed E-state index contributed by atoms with van der Waals surface area (Å²) in [6.45, 7) is -0.0692. The van der Waals surface area contributed by atoms with Gasteiger partial charge in [-0.2, -0.15) is 0 Å². The lowest BCUT2D eigenvalue weighted by Gasteiger charge is -2.14. The summed E-state index contributed by atoms with van der Waals surface area (Å²) >= 11 is 1.41. The van der Waals surface area contributed by atoms with E-state index in [1.54, 1.807) is 45.5 Å². The molecule has 0 atom stereocenters. The highest BCUT2D eigenvalue weighted by atomic mass is 32.1. The number of ether oxygens (including phenoxy) is 3. The number of rotatable bonds is 7. The van der Waals surface area contributed by atoms with Crippen molar-refractivity contribution in [1.82, 2.24) is 4.98 Å². The highest BCUT2D eigenvalue weighted by Crippen LogP contribution is 2.28. The van der Waals surface area contributed by atoms with E-state index in [9.17, 15) is 4.79 Å². The third kappa shape index (κ3) is 4.57. The first-order valence-corrected chi connectivity index (χ1v) is 9.12. The number of hydrogen-bond donors (Lipinski definition) is 0. The Kier molecular flexibility index (Phi) is 5.93. The Morgan fingerprint density at radius 3 is 2.11 bits per heavy atom. The minimum absolute atomic E-state index is 0.0692. The molecule has 0 saturated heterocycles. The summed E-state index contributed by atoms with van der Waals surface area (Å²) in [5.41, 5.74) is 1.78. The van der Waals surface area contributed by atoms with Crippen molar-refractivity contribution in [2.24, 2.45) is 0 Å². The fourth-order valence-electron chi connectivity index (χ4n) is 2.33. The summed E-state index contributed by atoms with van der Waals surface area (Å²) in [4.78, 5) is 18.4. The smallest absolute Gasteiger partial charge is 0.266 e. The molecule has 0 fully saturated rings. The van der Waals surface area contributed by atoms with E-state index in [4.69, 9.17) is 14.2 Å². The first kappa shape index (κ1) is 18.7. The van der Waals surface area contributed by atoms with Crippen LogP contribution in [0.25, 0.3) is 11.3 Å². The van der Waals surface area contributed by atoms with Crippen molar-refractivity contribution in [3.63, 3.8) is 0 Å². The van der Waals surface area contributed by atoms with Crippen LogP contribution in [-0.2, 0) is 4.79 Å². The maximum absolute atomic E-state index is 12.4. The molecule has 1 heterocycles. The van der Waals surface area contributed by atoms with E-state index in [1.807, 2.05) is 29.6 Å². The van der Waals surface area contributed by atoms with Crippen LogP contribution in [0.1, 0.15) is 0 Å². The Bertz CT molecular complexity index is 891. The Morgan fingerprint density at radius 2 is 1.52 bits per heavy atom. The molecule has 0 aliphatic rings. The summed E-state index contributed by atoms with van der Waals surface area (Å²) < 4.78 is 15.8. The summed E-state index contributed by atoms with van der Waals surface area (Å²) in [5.74, 6) is 1.95. The second-order valence-electron chi connectivity index (χ2n) is 5.66. The molecule has 27 heavy (non-hydrogen) atoms. The zero-order valence-corrected chi connectivity index (χ0v) is 16.2. The van der Waals surface area contributed by atoms with Crippen LogP contribution in [0.2, 0.25) is 0 Å². The number of carbonyl (C=O) groups excluding carboxylic acids is 1. The fraction of sp³-hybridized carbons (Fsp3) is 0.200. The van der Waals surface area contributed by atoms with Crippen LogP contribution in [0.4, 0.5) is 5.13 Å². The van der Waals surface area contributed by atoms with Gasteiger partial charge in [-0.3, -0.25) is 9.69 Å². The maximum Gasteiger partial charge on any atom is 0.266 e. The Hall–Kier alpha value is -3.06. The number of methoxy groups -OCH3 is 2. The molecule has 0 aliphatic heterocycles. The number of nitrogens with zero attached hydrogens (tertiary/aromatic N) is 2. The molecule has 0 bridgehead atoms. The predicted octanol–water partition coefficient (Wildman–Crippen LogP) is 3.87. The molecule has 7 heteroatoms. The first-order valence-electron chi connectivity index (χ1n) is 8.24. The quantitative estimate of drug-likeness (QED) is 0.619. The van der Waals surface area contributed by atoms with Crippen LogP contribution >= 0.6 is 11.3 Å². The van der Waals surface area contributed by atoms with Crippen molar-refractivity contribution < 1.29 is 19.0 Å². The SMILES string of the molecule is COc1ccc(OCC(=O)N(C)c2nc(-c3ccc(OC)cc3)cs2)cc1. The van der Waals surface area contributed by atoms with Crippen molar-refractivity contribution in [2.75, 3.05) is 32.8 Å². The van der Waals surface area contributed by atoms with Crippen LogP contribution in [-0.4, -0.2) is 38.8 Å². The summed E-state index contributed by atoms with van der Waals surface area (Å²) in [6.07, 6.45) is 0. The van der Waals surface area contributed by atoms with Gasteiger partial charge in [0.2, 0.25) is 0 Å². The van der Waals surface area contributed by atoms with E-state index in [-0.39, 0.29) is 12.5 Å². The lowest BCUT2D eigenvalue weighted by Crippen LogP contribution is -2.31. The molecule has 0 N–H and O–H groups in total. The number of aromatic nitrogens is 1. The van der Waals surface area contributed by atoms with Crippen LogP contribution in [0.5, 0.6) is 17.2 Å². The van der Waals surface area contributed by atoms with Crippen molar-refractivity contribution >= 4 is 22.4 Å². The molecular formula is C20H20N2O4S. The Labute approximate surface area is 161 Å². The van der Waals surface area contributed by atoms with Crippen LogP contribution in [0.15, 0.2) is 53.9 Å². The number of carbonyl (C=O) groups is 1. The Morgan fingerprint density at radius 1 is 0.963 bits per heavy atom. The first-order chi connectivity index (χ1) is 13.1. The average Bonchev–Trinajstić information content (AvgIpc) is 3.22. The van der Waals surface area contributed by atoms with Gasteiger partial charge in [0, 0.05) is 18.0 Å². The second kappa shape index (κ2) is 8.55. The Balaban J connectivity index is 1.61. The van der Waals surface area contributed by atoms with Crippen LogP contribution in [0, 0.1) is 0 Å². The summed E-state index contributed by atoms with van der Waals surface area (Å²) in [5, 5.41) is 2.54. The van der Waals surface area contributed by atoms with E-state index in [1.165, 1.54) is 16.2 Å². The lowest BCUT2D eigenvalue weighted by atomic mass is 10.2. The van der Waals surface area contributed by atoms with Gasteiger partial charge in [-0.15, -0.1) is 11.3 Å². The minimum atomic E-state index is -0.179. The third-order valence-corrected chi connectivity index (χ3v) is 4.88. The number of anilines is 1. The highest BCUT2D eigenvalue weighted by molar-refractivity contribution is 7.14. The van der Waals surface area contributed by atoms with Gasteiger partial charge < -0.3 is 14.2 Å². The molecule has 3 rings (SSSR count). The number of thiazole rings is 1. The van der Waals surface area contributed by atoms with Crippen molar-refractivity contribution in [3.8, 4) is 28.5 Å². The van der Waals surface area contributed by atoms with Crippen LogP contribution in [0.3, 0.4) is 0 Å². The third-order valence-electron chi connectivity index (χ3n) is 3.96. The molecule has 3 aromatic rings. The van der Waals surface area contributed by atoms with Crippen molar-refractivity contribution in [1.29, 1.82) is 0 Å². The number of amides is 1. The van der Waals surface area contributed by atoms with Gasteiger partial charge >= 0.3 is 0 Å². The number of hydrogen-bond acceptors (Lipinski definition) is 6. The molecule has 0 radical (unpaired) electrons. The highest BCUT2D eigenvalue weighted by Gasteiger charge is 2.16. The molecule has 2 aromatic carbocycles. The standard InChI is InChI=1S/C20H20N2O4S/c1-22(19(23)12-26-17-10-8-16(25-3)9-11-17)20-21-18(13-27-20)14-4-6-15(24-2)7-5-14/h4-11,13H,12H2,1-3H3. The van der Waals surface area contributed by atoms with E-state index >= 15 is 0 Å². The summed E-state index contributed by atoms with van der Waals surface area (Å²) in [7, 11) is 4.92. The molecule has 140 valence electrons. The second-order valence-corrected chi connectivity index (χ2v) is 6.50. The molecule has 0 aliphatic carbocycles. The molecule has 1 amide bonds. The molecule has 1 aromatic heterocycles. The molecule has 0 spiro atoms. The number of benzene rings is 2. The van der Waals surface area contributed by atoms with Gasteiger partial charge in [0.15, 0.2) is 11.7 Å². The van der Waals surface area contributed by atoms with Gasteiger partial charge in [0.1, 0.15) is 17.2 Å². The fourth-order valence-corrected chi connectivity index (χ4v) is 3.15. The van der Waals surface area contributed by atoms with E-state index < -0.39 is 0 Å². The molecule has 0 unspecified atom stereocenters. The molecular weight excluding hydrogens is 364 g/mol. The van der Waals surface area contributed by atoms with E-state index in [0.717, 1.165) is 22.8 Å². The largest absolute Gasteiger partial charge is 0.497 e. The van der Waals surface area contributed by atoms with Crippen LogP contribution < -0.4 is 19.1 Å². The summed E-state index contributed by atoms with van der Waals surface area (Å²) in [6, 6.07) is 14.7. The topological polar surface area (TPSA) is 60.9 Å². The average molecular weight is 384 g/mol. The van der Waals surface area contributed by atoms with Gasteiger partial charge in [-0.25, -0.2) is 4.98 Å². The molecule has 6 nitrogen and oxygen atoms in total. The predicted molar refractivity (Wildman–Crippen MR) is 106 cm³/mol. The van der Waals surface area contributed by atoms with E-state index in [2.05, 4.69) is 4.98 Å². The van der Waals surface area contributed by atoms with Gasteiger partial charge in [-0.1, -0.05) is 0 Å². The zero-order chi connectivity index (χ0) is 19.2. The monoisotopic (exact) mass is 384 g/mol. The van der Waals surface area contributed by atoms with Gasteiger partial charge in [-0.05, 0) is 48.5 Å². The minimum Gasteiger partial charge on any atom is -0.497 e. The lowest BCUT2D eigenvalue weighted by molar-refractivity contribution is -0.120. The van der Waals surface area contributed by atoms with Crippen molar-refractivity contribution in [3.05, 3.63) is 53.9 Å². The van der Waals surface area contributed by atoms with Gasteiger partial charge in [0.05, 0.1) is 19.9 Å². The van der Waals surface area contributed by atoms with Gasteiger partial charge in [0.25, 0.3) is 5.91 Å². The number of likely N-dealkylation sites (N-methyl/N-ethyl adjacent to an activating group) is 1. The van der Waals surface area contributed by atoms with E-state index in [0.29, 0.717) is 10.9 Å². The molecule has 0 saturated carbocycles. The zero-order valence-electron chi connectivity index (χ0n) is 15.3.